The van der Waals surface area contributed by atoms with Crippen molar-refractivity contribution in [3.63, 3.8) is 0 Å². The lowest BCUT2D eigenvalue weighted by Crippen LogP contribution is -2.46. The van der Waals surface area contributed by atoms with E-state index in [9.17, 15) is 4.79 Å². The molecule has 2 unspecified atom stereocenters. The van der Waals surface area contributed by atoms with Gasteiger partial charge in [0, 0.05) is 25.0 Å². The lowest BCUT2D eigenvalue weighted by atomic mass is 9.95. The monoisotopic (exact) mass is 242 g/mol. The topological polar surface area (TPSA) is 50.4 Å². The molecule has 1 fully saturated rings. The van der Waals surface area contributed by atoms with E-state index in [1.807, 2.05) is 0 Å². The van der Waals surface area contributed by atoms with E-state index >= 15 is 0 Å². The van der Waals surface area contributed by atoms with E-state index in [1.165, 1.54) is 0 Å². The number of nitrogens with one attached hydrogen (secondary N) is 2. The molecule has 0 aromatic rings. The van der Waals surface area contributed by atoms with E-state index < -0.39 is 0 Å². The molecule has 17 heavy (non-hydrogen) atoms. The van der Waals surface area contributed by atoms with Crippen LogP contribution in [-0.2, 0) is 9.53 Å². The zero-order chi connectivity index (χ0) is 12.7. The van der Waals surface area contributed by atoms with Crippen LogP contribution in [0.4, 0.5) is 0 Å². The molecule has 0 spiro atoms. The van der Waals surface area contributed by atoms with E-state index in [0.717, 1.165) is 26.0 Å². The normalized spacial score (nSPS) is 22.5. The van der Waals surface area contributed by atoms with Gasteiger partial charge in [-0.15, -0.1) is 0 Å². The summed E-state index contributed by atoms with van der Waals surface area (Å²) in [5.74, 6) is 0.710. The van der Waals surface area contributed by atoms with Crippen LogP contribution in [0.2, 0.25) is 0 Å². The lowest BCUT2D eigenvalue weighted by Gasteiger charge is -2.26. The van der Waals surface area contributed by atoms with Crippen LogP contribution >= 0.6 is 0 Å². The van der Waals surface area contributed by atoms with Gasteiger partial charge in [0.1, 0.15) is 0 Å². The van der Waals surface area contributed by atoms with Gasteiger partial charge in [-0.25, -0.2) is 0 Å². The van der Waals surface area contributed by atoms with Gasteiger partial charge in [-0.2, -0.15) is 0 Å². The maximum atomic E-state index is 11.9. The largest absolute Gasteiger partial charge is 0.378 e. The number of rotatable bonds is 6. The van der Waals surface area contributed by atoms with Crippen LogP contribution in [0.1, 0.15) is 40.0 Å². The summed E-state index contributed by atoms with van der Waals surface area (Å²) in [7, 11) is 0. The zero-order valence-electron chi connectivity index (χ0n) is 11.3. The highest BCUT2D eigenvalue weighted by atomic mass is 16.5. The van der Waals surface area contributed by atoms with E-state index in [2.05, 4.69) is 31.4 Å². The number of amides is 1. The Hall–Kier alpha value is -0.610. The molecule has 1 amide bonds. The Bertz CT molecular complexity index is 223. The smallest absolute Gasteiger partial charge is 0.221 e. The Morgan fingerprint density at radius 2 is 2.18 bits per heavy atom. The van der Waals surface area contributed by atoms with Crippen molar-refractivity contribution in [1.29, 1.82) is 0 Å². The first kappa shape index (κ1) is 14.5. The number of hydrogen-bond acceptors (Lipinski definition) is 3. The minimum Gasteiger partial charge on any atom is -0.378 e. The third-order valence-corrected chi connectivity index (χ3v) is 3.57. The number of ether oxygens (including phenoxy) is 1. The second-order valence-electron chi connectivity index (χ2n) is 4.86. The number of carbonyl (C=O) groups is 1. The van der Waals surface area contributed by atoms with Crippen LogP contribution in [0.3, 0.4) is 0 Å². The third-order valence-electron chi connectivity index (χ3n) is 3.57. The molecule has 0 radical (unpaired) electrons. The van der Waals surface area contributed by atoms with Gasteiger partial charge in [-0.05, 0) is 12.8 Å². The average molecular weight is 242 g/mol. The van der Waals surface area contributed by atoms with Crippen LogP contribution < -0.4 is 10.6 Å². The highest BCUT2D eigenvalue weighted by molar-refractivity contribution is 5.76. The standard InChI is InChI=1S/C13H26N2O2/c1-4-11(5-2)10(3)15-13(16)8-12-9-17-7-6-14-12/h10-12,14H,4-9H2,1-3H3,(H,15,16). The summed E-state index contributed by atoms with van der Waals surface area (Å²) in [4.78, 5) is 11.9. The molecule has 4 heteroatoms. The predicted octanol–water partition coefficient (Wildman–Crippen LogP) is 1.31. The number of morpholine rings is 1. The van der Waals surface area contributed by atoms with Crippen molar-refractivity contribution in [3.8, 4) is 0 Å². The summed E-state index contributed by atoms with van der Waals surface area (Å²) >= 11 is 0. The van der Waals surface area contributed by atoms with Gasteiger partial charge in [0.2, 0.25) is 5.91 Å². The van der Waals surface area contributed by atoms with Gasteiger partial charge >= 0.3 is 0 Å². The zero-order valence-corrected chi connectivity index (χ0v) is 11.3. The van der Waals surface area contributed by atoms with Gasteiger partial charge in [0.15, 0.2) is 0 Å². The molecule has 2 atom stereocenters. The first-order valence-electron chi connectivity index (χ1n) is 6.77. The summed E-state index contributed by atoms with van der Waals surface area (Å²) in [6.45, 7) is 8.69. The maximum Gasteiger partial charge on any atom is 0.221 e. The van der Waals surface area contributed by atoms with Gasteiger partial charge < -0.3 is 15.4 Å². The molecule has 1 rings (SSSR count). The average Bonchev–Trinajstić information content (AvgIpc) is 2.31. The molecule has 0 saturated carbocycles. The van der Waals surface area contributed by atoms with Crippen molar-refractivity contribution in [3.05, 3.63) is 0 Å². The van der Waals surface area contributed by atoms with Gasteiger partial charge in [-0.3, -0.25) is 4.79 Å². The summed E-state index contributed by atoms with van der Waals surface area (Å²) < 4.78 is 5.34. The molecule has 100 valence electrons. The fourth-order valence-electron chi connectivity index (χ4n) is 2.40. The van der Waals surface area contributed by atoms with E-state index in [-0.39, 0.29) is 18.0 Å². The predicted molar refractivity (Wildman–Crippen MR) is 68.9 cm³/mol. The molecule has 4 nitrogen and oxygen atoms in total. The summed E-state index contributed by atoms with van der Waals surface area (Å²) in [6, 6.07) is 0.444. The molecule has 0 aromatic heterocycles. The first-order chi connectivity index (χ1) is 8.17. The van der Waals surface area contributed by atoms with Crippen LogP contribution in [0.25, 0.3) is 0 Å². The fourth-order valence-corrected chi connectivity index (χ4v) is 2.40. The highest BCUT2D eigenvalue weighted by Crippen LogP contribution is 2.12. The lowest BCUT2D eigenvalue weighted by molar-refractivity contribution is -0.123. The van der Waals surface area contributed by atoms with Crippen molar-refractivity contribution in [2.45, 2.75) is 52.1 Å². The minimum absolute atomic E-state index is 0.132. The molecular weight excluding hydrogens is 216 g/mol. The Labute approximate surface area is 104 Å². The van der Waals surface area contributed by atoms with Crippen LogP contribution in [0.5, 0.6) is 0 Å². The minimum atomic E-state index is 0.132. The van der Waals surface area contributed by atoms with Crippen LogP contribution in [-0.4, -0.2) is 37.7 Å². The van der Waals surface area contributed by atoms with Crippen molar-refractivity contribution < 1.29 is 9.53 Å². The quantitative estimate of drug-likeness (QED) is 0.738. The SMILES string of the molecule is CCC(CC)C(C)NC(=O)CC1COCCN1. The number of carbonyl (C=O) groups excluding carboxylic acids is 1. The Kier molecular flexibility index (Phi) is 6.52. The number of hydrogen-bond donors (Lipinski definition) is 2. The summed E-state index contributed by atoms with van der Waals surface area (Å²) in [5, 5.41) is 6.39. The fraction of sp³-hybridized carbons (Fsp3) is 0.923. The molecular formula is C13H26N2O2. The van der Waals surface area contributed by atoms with E-state index in [4.69, 9.17) is 4.74 Å². The second kappa shape index (κ2) is 7.67. The van der Waals surface area contributed by atoms with E-state index in [0.29, 0.717) is 18.9 Å². The van der Waals surface area contributed by atoms with Crippen molar-refractivity contribution in [1.82, 2.24) is 10.6 Å². The molecule has 0 aromatic carbocycles. The van der Waals surface area contributed by atoms with Crippen molar-refractivity contribution in [2.24, 2.45) is 5.92 Å². The van der Waals surface area contributed by atoms with Crippen LogP contribution in [0.15, 0.2) is 0 Å². The Morgan fingerprint density at radius 1 is 1.47 bits per heavy atom. The van der Waals surface area contributed by atoms with Crippen LogP contribution in [0, 0.1) is 5.92 Å². The molecule has 2 N–H and O–H groups in total. The molecule has 1 aliphatic heterocycles. The van der Waals surface area contributed by atoms with E-state index in [1.54, 1.807) is 0 Å². The Balaban J connectivity index is 2.27. The molecule has 1 heterocycles. The van der Waals surface area contributed by atoms with Gasteiger partial charge in [0.25, 0.3) is 0 Å². The Morgan fingerprint density at radius 3 is 2.71 bits per heavy atom. The second-order valence-corrected chi connectivity index (χ2v) is 4.86. The van der Waals surface area contributed by atoms with Gasteiger partial charge in [-0.1, -0.05) is 26.7 Å². The molecule has 1 saturated heterocycles. The molecule has 0 aliphatic carbocycles. The third kappa shape index (κ3) is 5.04. The summed E-state index contributed by atoms with van der Waals surface area (Å²) in [6.07, 6.45) is 2.75. The highest BCUT2D eigenvalue weighted by Gasteiger charge is 2.20. The van der Waals surface area contributed by atoms with Gasteiger partial charge in [0.05, 0.1) is 13.2 Å². The van der Waals surface area contributed by atoms with Crippen molar-refractivity contribution in [2.75, 3.05) is 19.8 Å². The molecule has 0 bridgehead atoms. The first-order valence-corrected chi connectivity index (χ1v) is 6.77. The van der Waals surface area contributed by atoms with Crippen molar-refractivity contribution >= 4 is 5.91 Å². The summed E-state index contributed by atoms with van der Waals surface area (Å²) in [5.41, 5.74) is 0. The maximum absolute atomic E-state index is 11.9. The molecule has 1 aliphatic rings.